The summed E-state index contributed by atoms with van der Waals surface area (Å²) < 4.78 is 23.8. The fraction of sp³-hybridized carbons (Fsp3) is 0.364. The zero-order valence-corrected chi connectivity index (χ0v) is 22.2. The van der Waals surface area contributed by atoms with Gasteiger partial charge in [-0.15, -0.1) is 0 Å². The molecule has 8 nitrogen and oxygen atoms in total. The summed E-state index contributed by atoms with van der Waals surface area (Å²) in [5, 5.41) is 10.3. The lowest BCUT2D eigenvalue weighted by atomic mass is 10.1. The van der Waals surface area contributed by atoms with Crippen LogP contribution in [0.15, 0.2) is 39.3 Å². The van der Waals surface area contributed by atoms with Gasteiger partial charge in [0, 0.05) is 19.4 Å². The molecule has 3 rings (SSSR count). The molecule has 0 aromatic heterocycles. The second kappa shape index (κ2) is 10.6. The smallest absolute Gasteiger partial charge is 0.328 e. The Morgan fingerprint density at radius 1 is 1.21 bits per heavy atom. The Balaban J connectivity index is 1.86. The summed E-state index contributed by atoms with van der Waals surface area (Å²) in [7, 11) is -3.24. The van der Waals surface area contributed by atoms with E-state index in [-0.39, 0.29) is 24.1 Å². The zero-order valence-electron chi connectivity index (χ0n) is 18.1. The van der Waals surface area contributed by atoms with Crippen molar-refractivity contribution in [2.45, 2.75) is 32.0 Å². The normalized spacial score (nSPS) is 17.5. The molecule has 1 unspecified atom stereocenters. The maximum atomic E-state index is 13.1. The van der Waals surface area contributed by atoms with Crippen LogP contribution in [0.4, 0.5) is 0 Å². The van der Waals surface area contributed by atoms with Gasteiger partial charge in [-0.05, 0) is 87.5 Å². The van der Waals surface area contributed by atoms with Crippen LogP contribution in [0.5, 0.6) is 17.2 Å². The van der Waals surface area contributed by atoms with Crippen LogP contribution in [0.2, 0.25) is 0 Å². The largest absolute Gasteiger partial charge is 0.507 e. The minimum absolute atomic E-state index is 0.0137. The number of rotatable bonds is 7. The van der Waals surface area contributed by atoms with Crippen molar-refractivity contribution in [3.63, 3.8) is 0 Å². The van der Waals surface area contributed by atoms with E-state index in [1.54, 1.807) is 19.1 Å². The number of likely N-dealkylation sites (tertiary alicyclic amines) is 1. The predicted octanol–water partition coefficient (Wildman–Crippen LogP) is 5.28. The Kier molecular flexibility index (Phi) is 8.26. The summed E-state index contributed by atoms with van der Waals surface area (Å²) in [5.74, 6) is -0.471. The van der Waals surface area contributed by atoms with E-state index >= 15 is 0 Å². The lowest BCUT2D eigenvalue weighted by Gasteiger charge is -2.23. The first-order chi connectivity index (χ1) is 15.5. The van der Waals surface area contributed by atoms with Gasteiger partial charge in [0.1, 0.15) is 17.5 Å². The third-order valence-electron chi connectivity index (χ3n) is 5.02. The van der Waals surface area contributed by atoms with Gasteiger partial charge in [-0.2, -0.15) is 0 Å². The van der Waals surface area contributed by atoms with Crippen LogP contribution in [0.3, 0.4) is 0 Å². The van der Waals surface area contributed by atoms with E-state index in [4.69, 9.17) is 9.47 Å². The van der Waals surface area contributed by atoms with Gasteiger partial charge in [0.25, 0.3) is 5.91 Å². The van der Waals surface area contributed by atoms with Crippen molar-refractivity contribution in [2.75, 3.05) is 19.8 Å². The maximum Gasteiger partial charge on any atom is 0.328 e. The first-order valence-corrected chi connectivity index (χ1v) is 14.1. The average Bonchev–Trinajstić information content (AvgIpc) is 3.20. The van der Waals surface area contributed by atoms with Crippen LogP contribution in [0.25, 0.3) is 0 Å². The molecule has 0 bridgehead atoms. The molecule has 0 saturated carbocycles. The summed E-state index contributed by atoms with van der Waals surface area (Å²) in [6.45, 7) is 3.61. The van der Waals surface area contributed by atoms with Crippen LogP contribution in [0.1, 0.15) is 35.7 Å². The van der Waals surface area contributed by atoms with E-state index in [9.17, 15) is 24.2 Å². The minimum atomic E-state index is -3.24. The van der Waals surface area contributed by atoms with E-state index in [0.717, 1.165) is 0 Å². The molecular formula is C22H24Br2NO7P. The molecule has 0 radical (unpaired) electrons. The highest BCUT2D eigenvalue weighted by Crippen LogP contribution is 2.44. The number of phenols is 1. The molecule has 2 atom stereocenters. The van der Waals surface area contributed by atoms with Crippen LogP contribution in [-0.4, -0.2) is 52.6 Å². The average molecular weight is 605 g/mol. The summed E-state index contributed by atoms with van der Waals surface area (Å²) in [6.07, 6.45) is 1.18. The molecule has 2 aromatic rings. The number of carbonyl (C=O) groups is 2. The Morgan fingerprint density at radius 2 is 1.88 bits per heavy atom. The van der Waals surface area contributed by atoms with Crippen LogP contribution >= 0.6 is 39.2 Å². The van der Waals surface area contributed by atoms with Gasteiger partial charge in [-0.3, -0.25) is 9.36 Å². The number of nitrogens with zero attached hydrogens (tertiary/aromatic N) is 1. The summed E-state index contributed by atoms with van der Waals surface area (Å²) >= 11 is 6.83. The monoisotopic (exact) mass is 603 g/mol. The standard InChI is InChI=1S/C22H24Br2NO7P/c1-3-31-22(28)18-5-4-8-25(18)21(27)15-11-14(6-7-19(15)26)32-20-16(23)9-13(10-17(20)24)12-33(2,29)30/h6-7,9-11,18,26H,3-5,8,12H2,1-2H3,(H,29,30)/t18-/m0/s1. The van der Waals surface area contributed by atoms with Crippen molar-refractivity contribution in [1.82, 2.24) is 4.90 Å². The third-order valence-corrected chi connectivity index (χ3v) is 7.15. The molecule has 0 spiro atoms. The molecule has 1 aliphatic heterocycles. The number of hydrogen-bond donors (Lipinski definition) is 2. The van der Waals surface area contributed by atoms with E-state index < -0.39 is 25.3 Å². The molecule has 2 N–H and O–H groups in total. The summed E-state index contributed by atoms with van der Waals surface area (Å²) in [6, 6.07) is 6.98. The Bertz CT molecular complexity index is 1090. The molecule has 1 saturated heterocycles. The zero-order chi connectivity index (χ0) is 24.3. The number of ether oxygens (including phenoxy) is 2. The fourth-order valence-electron chi connectivity index (χ4n) is 3.66. The first-order valence-electron chi connectivity index (χ1n) is 10.3. The van der Waals surface area contributed by atoms with Gasteiger partial charge in [0.15, 0.2) is 5.75 Å². The molecule has 33 heavy (non-hydrogen) atoms. The van der Waals surface area contributed by atoms with E-state index in [1.807, 2.05) is 0 Å². The maximum absolute atomic E-state index is 13.1. The first kappa shape index (κ1) is 25.7. The van der Waals surface area contributed by atoms with Crippen molar-refractivity contribution < 1.29 is 33.6 Å². The van der Waals surface area contributed by atoms with Gasteiger partial charge in [-0.25, -0.2) is 4.79 Å². The minimum Gasteiger partial charge on any atom is -0.507 e. The van der Waals surface area contributed by atoms with Gasteiger partial charge < -0.3 is 24.4 Å². The van der Waals surface area contributed by atoms with Gasteiger partial charge in [0.05, 0.1) is 21.1 Å². The van der Waals surface area contributed by atoms with Crippen molar-refractivity contribution >= 4 is 51.1 Å². The number of carbonyl (C=O) groups excluding carboxylic acids is 2. The third kappa shape index (κ3) is 6.38. The molecule has 1 fully saturated rings. The molecule has 0 aliphatic carbocycles. The highest BCUT2D eigenvalue weighted by Gasteiger charge is 2.36. The highest BCUT2D eigenvalue weighted by molar-refractivity contribution is 9.11. The van der Waals surface area contributed by atoms with Crippen LogP contribution < -0.4 is 4.74 Å². The van der Waals surface area contributed by atoms with E-state index in [0.29, 0.717) is 45.4 Å². The lowest BCUT2D eigenvalue weighted by Crippen LogP contribution is -2.41. The molecule has 1 heterocycles. The van der Waals surface area contributed by atoms with Crippen molar-refractivity contribution in [3.05, 3.63) is 50.4 Å². The molecule has 2 aromatic carbocycles. The lowest BCUT2D eigenvalue weighted by molar-refractivity contribution is -0.147. The number of amides is 1. The number of esters is 1. The Hall–Kier alpha value is -1.87. The Labute approximate surface area is 208 Å². The number of aromatic hydroxyl groups is 1. The number of benzene rings is 2. The Morgan fingerprint density at radius 3 is 2.48 bits per heavy atom. The fourth-order valence-corrected chi connectivity index (χ4v) is 5.96. The quantitative estimate of drug-likeness (QED) is 0.327. The van der Waals surface area contributed by atoms with Crippen LogP contribution in [0, 0.1) is 0 Å². The second-order valence-corrected chi connectivity index (χ2v) is 11.9. The number of phenolic OH excluding ortho intramolecular Hbond substituents is 1. The van der Waals surface area contributed by atoms with E-state index in [2.05, 4.69) is 31.9 Å². The SMILES string of the molecule is CCOC(=O)[C@@H]1CCCN1C(=O)c1cc(Oc2c(Br)cc(CP(C)(=O)O)cc2Br)ccc1O. The van der Waals surface area contributed by atoms with E-state index in [1.165, 1.54) is 29.8 Å². The van der Waals surface area contributed by atoms with Gasteiger partial charge >= 0.3 is 5.97 Å². The number of hydrogen-bond acceptors (Lipinski definition) is 6. The molecule has 1 aliphatic rings. The summed E-state index contributed by atoms with van der Waals surface area (Å²) in [4.78, 5) is 36.4. The van der Waals surface area contributed by atoms with Crippen molar-refractivity contribution in [3.8, 4) is 17.2 Å². The van der Waals surface area contributed by atoms with Crippen molar-refractivity contribution in [1.29, 1.82) is 0 Å². The predicted molar refractivity (Wildman–Crippen MR) is 130 cm³/mol. The number of halogens is 2. The van der Waals surface area contributed by atoms with Crippen molar-refractivity contribution in [2.24, 2.45) is 0 Å². The topological polar surface area (TPSA) is 113 Å². The summed E-state index contributed by atoms with van der Waals surface area (Å²) in [5.41, 5.74) is 0.662. The molecule has 178 valence electrons. The van der Waals surface area contributed by atoms with Gasteiger partial charge in [0.2, 0.25) is 7.37 Å². The van der Waals surface area contributed by atoms with Gasteiger partial charge in [-0.1, -0.05) is 0 Å². The molecule has 1 amide bonds. The molecule has 11 heteroatoms. The molecular weight excluding hydrogens is 581 g/mol. The second-order valence-electron chi connectivity index (χ2n) is 7.79. The highest BCUT2D eigenvalue weighted by atomic mass is 79.9. The van der Waals surface area contributed by atoms with Crippen LogP contribution in [-0.2, 0) is 20.3 Å².